The lowest BCUT2D eigenvalue weighted by Gasteiger charge is -2.15. The third kappa shape index (κ3) is 5.14. The van der Waals surface area contributed by atoms with Crippen molar-refractivity contribution in [1.82, 2.24) is 15.5 Å². The lowest BCUT2D eigenvalue weighted by molar-refractivity contribution is -0.124. The van der Waals surface area contributed by atoms with Crippen LogP contribution in [-0.2, 0) is 9.53 Å². The van der Waals surface area contributed by atoms with E-state index >= 15 is 0 Å². The van der Waals surface area contributed by atoms with Crippen LogP contribution in [0.25, 0.3) is 10.8 Å². The summed E-state index contributed by atoms with van der Waals surface area (Å²) in [5, 5.41) is 9.54. The molecule has 0 spiro atoms. The van der Waals surface area contributed by atoms with Crippen molar-refractivity contribution in [2.45, 2.75) is 39.7 Å². The van der Waals surface area contributed by atoms with Crippen LogP contribution in [0.1, 0.15) is 44.1 Å². The summed E-state index contributed by atoms with van der Waals surface area (Å²) in [6.45, 7) is 5.77. The number of rotatable bonds is 7. The Morgan fingerprint density at radius 3 is 2.52 bits per heavy atom. The molecule has 7 heteroatoms. The normalized spacial score (nSPS) is 12.2. The molecule has 0 aliphatic heterocycles. The van der Waals surface area contributed by atoms with Crippen molar-refractivity contribution in [2.75, 3.05) is 6.61 Å². The molecule has 0 bridgehead atoms. The largest absolute Gasteiger partial charge is 0.451 e. The number of carbonyl (C=O) groups excluding carboxylic acids is 2. The lowest BCUT2D eigenvalue weighted by atomic mass is 10.0. The van der Waals surface area contributed by atoms with E-state index in [0.717, 1.165) is 12.8 Å². The zero-order chi connectivity index (χ0) is 18.4. The van der Waals surface area contributed by atoms with Crippen LogP contribution in [0.5, 0.6) is 0 Å². The highest BCUT2D eigenvalue weighted by atomic mass is 16.5. The Bertz CT molecular complexity index is 813. The molecule has 134 valence electrons. The number of aromatic amines is 1. The van der Waals surface area contributed by atoms with E-state index in [1.54, 1.807) is 24.3 Å². The monoisotopic (exact) mass is 345 g/mol. The number of nitrogens with one attached hydrogen (secondary N) is 2. The Kier molecular flexibility index (Phi) is 6.27. The summed E-state index contributed by atoms with van der Waals surface area (Å²) >= 11 is 0. The summed E-state index contributed by atoms with van der Waals surface area (Å²) in [4.78, 5) is 35.8. The first kappa shape index (κ1) is 18.6. The predicted octanol–water partition coefficient (Wildman–Crippen LogP) is 2.02. The van der Waals surface area contributed by atoms with Crippen molar-refractivity contribution in [2.24, 2.45) is 5.92 Å². The lowest BCUT2D eigenvalue weighted by Crippen LogP contribution is -2.36. The zero-order valence-corrected chi connectivity index (χ0v) is 14.7. The van der Waals surface area contributed by atoms with Gasteiger partial charge in [-0.15, -0.1) is 0 Å². The maximum Gasteiger partial charge on any atom is 0.359 e. The second-order valence-corrected chi connectivity index (χ2v) is 6.46. The fraction of sp³-hybridized carbons (Fsp3) is 0.444. The van der Waals surface area contributed by atoms with Gasteiger partial charge in [-0.3, -0.25) is 9.59 Å². The smallest absolute Gasteiger partial charge is 0.359 e. The van der Waals surface area contributed by atoms with Gasteiger partial charge in [0.05, 0.1) is 5.39 Å². The second-order valence-electron chi connectivity index (χ2n) is 6.46. The summed E-state index contributed by atoms with van der Waals surface area (Å²) in [5.74, 6) is -0.549. The first-order valence-corrected chi connectivity index (χ1v) is 8.32. The molecule has 0 aliphatic carbocycles. The Morgan fingerprint density at radius 1 is 1.16 bits per heavy atom. The number of fused-ring (bicyclic) bond motifs is 1. The number of amides is 1. The Morgan fingerprint density at radius 2 is 1.84 bits per heavy atom. The van der Waals surface area contributed by atoms with E-state index in [1.807, 2.05) is 6.92 Å². The number of aromatic nitrogens is 2. The molecule has 0 aliphatic rings. The standard InChI is InChI=1S/C18H23N3O4/c1-11(2)8-9-12(3)19-15(22)10-25-18(24)16-13-6-4-5-7-14(13)17(23)21-20-16/h4-7,11-12H,8-10H2,1-3H3,(H,19,22)(H,21,23)/t12-/m0/s1. The van der Waals surface area contributed by atoms with Gasteiger partial charge in [-0.05, 0) is 31.7 Å². The molecule has 0 saturated carbocycles. The van der Waals surface area contributed by atoms with Crippen molar-refractivity contribution < 1.29 is 14.3 Å². The highest BCUT2D eigenvalue weighted by Gasteiger charge is 2.17. The van der Waals surface area contributed by atoms with Gasteiger partial charge in [0, 0.05) is 11.4 Å². The third-order valence-electron chi connectivity index (χ3n) is 3.81. The summed E-state index contributed by atoms with van der Waals surface area (Å²) in [7, 11) is 0. The molecule has 1 aromatic carbocycles. The van der Waals surface area contributed by atoms with Crippen LogP contribution in [-0.4, -0.2) is 34.7 Å². The van der Waals surface area contributed by atoms with Crippen molar-refractivity contribution >= 4 is 22.6 Å². The maximum absolute atomic E-state index is 12.2. The molecule has 2 aromatic rings. The first-order valence-electron chi connectivity index (χ1n) is 8.32. The third-order valence-corrected chi connectivity index (χ3v) is 3.81. The minimum absolute atomic E-state index is 0.0145. The van der Waals surface area contributed by atoms with E-state index in [9.17, 15) is 14.4 Å². The molecule has 0 radical (unpaired) electrons. The molecule has 0 unspecified atom stereocenters. The van der Waals surface area contributed by atoms with E-state index < -0.39 is 5.97 Å². The number of esters is 1. The molecule has 0 fully saturated rings. The number of H-pyrrole nitrogens is 1. The fourth-order valence-electron chi connectivity index (χ4n) is 2.44. The van der Waals surface area contributed by atoms with E-state index in [4.69, 9.17) is 4.74 Å². The van der Waals surface area contributed by atoms with Crippen molar-refractivity contribution in [1.29, 1.82) is 0 Å². The molecule has 2 rings (SSSR count). The average Bonchev–Trinajstić information content (AvgIpc) is 2.58. The van der Waals surface area contributed by atoms with Gasteiger partial charge in [-0.2, -0.15) is 5.10 Å². The highest BCUT2D eigenvalue weighted by molar-refractivity contribution is 6.02. The van der Waals surface area contributed by atoms with Gasteiger partial charge >= 0.3 is 5.97 Å². The Balaban J connectivity index is 1.96. The summed E-state index contributed by atoms with van der Waals surface area (Å²) in [6, 6.07) is 6.61. The van der Waals surface area contributed by atoms with Gasteiger partial charge in [-0.1, -0.05) is 32.0 Å². The van der Waals surface area contributed by atoms with Crippen LogP contribution in [0, 0.1) is 5.92 Å². The minimum Gasteiger partial charge on any atom is -0.451 e. The van der Waals surface area contributed by atoms with Crippen molar-refractivity contribution in [3.8, 4) is 0 Å². The highest BCUT2D eigenvalue weighted by Crippen LogP contribution is 2.13. The molecule has 1 heterocycles. The Labute approximate surface area is 145 Å². The van der Waals surface area contributed by atoms with Crippen molar-refractivity contribution in [3.63, 3.8) is 0 Å². The SMILES string of the molecule is CC(C)CC[C@H](C)NC(=O)COC(=O)c1n[nH]c(=O)c2ccccc12. The zero-order valence-electron chi connectivity index (χ0n) is 14.7. The van der Waals surface area contributed by atoms with Gasteiger partial charge in [0.1, 0.15) is 0 Å². The number of carbonyl (C=O) groups is 2. The maximum atomic E-state index is 12.2. The van der Waals surface area contributed by atoms with E-state index in [2.05, 4.69) is 29.4 Å². The molecule has 2 N–H and O–H groups in total. The average molecular weight is 345 g/mol. The molecule has 0 saturated heterocycles. The van der Waals surface area contributed by atoms with Crippen molar-refractivity contribution in [3.05, 3.63) is 40.3 Å². The fourth-order valence-corrected chi connectivity index (χ4v) is 2.44. The van der Waals surface area contributed by atoms with Gasteiger partial charge in [0.15, 0.2) is 12.3 Å². The molecular formula is C18H23N3O4. The van der Waals surface area contributed by atoms with Gasteiger partial charge in [-0.25, -0.2) is 9.89 Å². The van der Waals surface area contributed by atoms with Gasteiger partial charge in [0.25, 0.3) is 11.5 Å². The van der Waals surface area contributed by atoms with Crippen LogP contribution < -0.4 is 10.9 Å². The second kappa shape index (κ2) is 8.41. The van der Waals surface area contributed by atoms with Crippen LogP contribution >= 0.6 is 0 Å². The van der Waals surface area contributed by atoms with Gasteiger partial charge < -0.3 is 10.1 Å². The Hall–Kier alpha value is -2.70. The molecule has 1 aromatic heterocycles. The van der Waals surface area contributed by atoms with Crippen LogP contribution in [0.2, 0.25) is 0 Å². The quantitative estimate of drug-likeness (QED) is 0.748. The number of ether oxygens (including phenoxy) is 1. The van der Waals surface area contributed by atoms with Gasteiger partial charge in [0.2, 0.25) is 0 Å². The van der Waals surface area contributed by atoms with Crippen LogP contribution in [0.4, 0.5) is 0 Å². The van der Waals surface area contributed by atoms with Crippen LogP contribution in [0.3, 0.4) is 0 Å². The first-order chi connectivity index (χ1) is 11.9. The number of nitrogens with zero attached hydrogens (tertiary/aromatic N) is 1. The summed E-state index contributed by atoms with van der Waals surface area (Å²) in [5.41, 5.74) is -0.403. The number of benzene rings is 1. The minimum atomic E-state index is -0.752. The topological polar surface area (TPSA) is 101 Å². The number of hydrogen-bond donors (Lipinski definition) is 2. The van der Waals surface area contributed by atoms with Crippen LogP contribution in [0.15, 0.2) is 29.1 Å². The number of hydrogen-bond acceptors (Lipinski definition) is 5. The van der Waals surface area contributed by atoms with E-state index in [1.165, 1.54) is 0 Å². The molecule has 25 heavy (non-hydrogen) atoms. The molecule has 1 atom stereocenters. The predicted molar refractivity (Wildman–Crippen MR) is 94.3 cm³/mol. The molecular weight excluding hydrogens is 322 g/mol. The molecule has 1 amide bonds. The molecule has 7 nitrogen and oxygen atoms in total. The summed E-state index contributed by atoms with van der Waals surface area (Å²) in [6.07, 6.45) is 1.87. The van der Waals surface area contributed by atoms with E-state index in [-0.39, 0.29) is 29.8 Å². The van der Waals surface area contributed by atoms with E-state index in [0.29, 0.717) is 16.7 Å². The summed E-state index contributed by atoms with van der Waals surface area (Å²) < 4.78 is 5.03.